The van der Waals surface area contributed by atoms with Crippen molar-refractivity contribution in [3.63, 3.8) is 0 Å². The van der Waals surface area contributed by atoms with Gasteiger partial charge in [-0.3, -0.25) is 9.59 Å². The summed E-state index contributed by atoms with van der Waals surface area (Å²) in [5.41, 5.74) is 2.04. The molecule has 1 aromatic carbocycles. The van der Waals surface area contributed by atoms with Gasteiger partial charge >= 0.3 is 0 Å². The molecular weight excluding hydrogens is 336 g/mol. The van der Waals surface area contributed by atoms with Crippen molar-refractivity contribution in [2.45, 2.75) is 72.1 Å². The Morgan fingerprint density at radius 2 is 1.56 bits per heavy atom. The van der Waals surface area contributed by atoms with Crippen LogP contribution in [0.5, 0.6) is 0 Å². The molecule has 0 heterocycles. The summed E-state index contributed by atoms with van der Waals surface area (Å²) in [6.07, 6.45) is 4.17. The van der Waals surface area contributed by atoms with Gasteiger partial charge in [0.1, 0.15) is 0 Å². The van der Waals surface area contributed by atoms with E-state index in [-0.39, 0.29) is 29.1 Å². The summed E-state index contributed by atoms with van der Waals surface area (Å²) >= 11 is 0. The van der Waals surface area contributed by atoms with E-state index in [9.17, 15) is 9.59 Å². The first-order valence-electron chi connectivity index (χ1n) is 10.4. The lowest BCUT2D eigenvalue weighted by Gasteiger charge is -2.28. The number of rotatable bonds is 6. The van der Waals surface area contributed by atoms with Crippen molar-refractivity contribution >= 4 is 17.5 Å². The van der Waals surface area contributed by atoms with Gasteiger partial charge in [-0.2, -0.15) is 0 Å². The zero-order valence-corrected chi connectivity index (χ0v) is 17.6. The van der Waals surface area contributed by atoms with Crippen LogP contribution in [0.25, 0.3) is 0 Å². The maximum atomic E-state index is 12.8. The summed E-state index contributed by atoms with van der Waals surface area (Å²) in [6, 6.07) is 8.03. The normalized spacial score (nSPS) is 20.4. The van der Waals surface area contributed by atoms with Crippen LogP contribution in [0.3, 0.4) is 0 Å². The first kappa shape index (κ1) is 21.5. The highest BCUT2D eigenvalue weighted by molar-refractivity contribution is 5.93. The molecule has 150 valence electrons. The second-order valence-electron chi connectivity index (χ2n) is 9.31. The van der Waals surface area contributed by atoms with Crippen LogP contribution in [0.1, 0.15) is 72.3 Å². The van der Waals surface area contributed by atoms with E-state index in [1.54, 1.807) is 0 Å². The second-order valence-corrected chi connectivity index (χ2v) is 9.31. The molecule has 27 heavy (non-hydrogen) atoms. The van der Waals surface area contributed by atoms with E-state index in [4.69, 9.17) is 0 Å². The van der Waals surface area contributed by atoms with Crippen molar-refractivity contribution in [3.8, 4) is 0 Å². The lowest BCUT2D eigenvalue weighted by molar-refractivity contribution is -0.128. The SMILES string of the molecule is CC(C)CCNC(=O)C1CCC(C(=O)Nc2ccccc2C(C)(C)C)CC1. The third kappa shape index (κ3) is 6.37. The van der Waals surface area contributed by atoms with Crippen LogP contribution in [0.2, 0.25) is 0 Å². The molecule has 0 spiro atoms. The first-order valence-corrected chi connectivity index (χ1v) is 10.4. The molecule has 0 saturated heterocycles. The van der Waals surface area contributed by atoms with Crippen molar-refractivity contribution in [1.82, 2.24) is 5.32 Å². The minimum Gasteiger partial charge on any atom is -0.356 e. The van der Waals surface area contributed by atoms with Gasteiger partial charge in [0.2, 0.25) is 11.8 Å². The third-order valence-corrected chi connectivity index (χ3v) is 5.48. The van der Waals surface area contributed by atoms with Gasteiger partial charge in [-0.1, -0.05) is 52.8 Å². The maximum Gasteiger partial charge on any atom is 0.227 e. The van der Waals surface area contributed by atoms with Crippen molar-refractivity contribution in [2.24, 2.45) is 17.8 Å². The van der Waals surface area contributed by atoms with Crippen LogP contribution in [0, 0.1) is 17.8 Å². The number of nitrogens with one attached hydrogen (secondary N) is 2. The molecule has 2 N–H and O–H groups in total. The van der Waals surface area contributed by atoms with Crippen molar-refractivity contribution in [2.75, 3.05) is 11.9 Å². The van der Waals surface area contributed by atoms with Crippen LogP contribution in [-0.4, -0.2) is 18.4 Å². The molecule has 2 amide bonds. The molecule has 0 radical (unpaired) electrons. The fraction of sp³-hybridized carbons (Fsp3) is 0.652. The molecule has 2 rings (SSSR count). The number of hydrogen-bond donors (Lipinski definition) is 2. The number of carbonyl (C=O) groups excluding carboxylic acids is 2. The Hall–Kier alpha value is -1.84. The summed E-state index contributed by atoms with van der Waals surface area (Å²) in [5.74, 6) is 0.902. The number of benzene rings is 1. The highest BCUT2D eigenvalue weighted by Gasteiger charge is 2.30. The topological polar surface area (TPSA) is 58.2 Å². The van der Waals surface area contributed by atoms with Gasteiger partial charge in [0.25, 0.3) is 0 Å². The van der Waals surface area contributed by atoms with Crippen LogP contribution in [0.15, 0.2) is 24.3 Å². The van der Waals surface area contributed by atoms with Crippen LogP contribution < -0.4 is 10.6 Å². The van der Waals surface area contributed by atoms with E-state index in [2.05, 4.69) is 51.3 Å². The Kier molecular flexibility index (Phi) is 7.46. The molecule has 1 aliphatic rings. The van der Waals surface area contributed by atoms with E-state index >= 15 is 0 Å². The lowest BCUT2D eigenvalue weighted by Crippen LogP contribution is -2.36. The summed E-state index contributed by atoms with van der Waals surface area (Å²) < 4.78 is 0. The molecular formula is C23H36N2O2. The van der Waals surface area contributed by atoms with Crippen molar-refractivity contribution < 1.29 is 9.59 Å². The van der Waals surface area contributed by atoms with E-state index in [1.807, 2.05) is 18.2 Å². The Morgan fingerprint density at radius 3 is 2.11 bits per heavy atom. The van der Waals surface area contributed by atoms with E-state index in [0.29, 0.717) is 5.92 Å². The van der Waals surface area contributed by atoms with Crippen molar-refractivity contribution in [3.05, 3.63) is 29.8 Å². The highest BCUT2D eigenvalue weighted by atomic mass is 16.2. The molecule has 0 bridgehead atoms. The molecule has 1 aromatic rings. The number of para-hydroxylation sites is 1. The predicted molar refractivity (Wildman–Crippen MR) is 112 cm³/mol. The van der Waals surface area contributed by atoms with Crippen molar-refractivity contribution in [1.29, 1.82) is 0 Å². The van der Waals surface area contributed by atoms with E-state index in [1.165, 1.54) is 0 Å². The number of carbonyl (C=O) groups is 2. The van der Waals surface area contributed by atoms with Crippen LogP contribution in [-0.2, 0) is 15.0 Å². The van der Waals surface area contributed by atoms with Gasteiger partial charge in [0.05, 0.1) is 0 Å². The van der Waals surface area contributed by atoms with Crippen LogP contribution in [0.4, 0.5) is 5.69 Å². The monoisotopic (exact) mass is 372 g/mol. The number of hydrogen-bond acceptors (Lipinski definition) is 2. The van der Waals surface area contributed by atoms with Gasteiger partial charge in [-0.05, 0) is 55.1 Å². The molecule has 1 saturated carbocycles. The standard InChI is InChI=1S/C23H36N2O2/c1-16(2)14-15-24-21(26)17-10-12-18(13-11-17)22(27)25-20-9-7-6-8-19(20)23(3,4)5/h6-9,16-18H,10-15H2,1-5H3,(H,24,26)(H,25,27). The van der Waals surface area contributed by atoms with Gasteiger partial charge in [-0.25, -0.2) is 0 Å². The summed E-state index contributed by atoms with van der Waals surface area (Å²) in [7, 11) is 0. The molecule has 4 nitrogen and oxygen atoms in total. The Labute approximate surface area is 164 Å². The molecule has 0 atom stereocenters. The first-order chi connectivity index (χ1) is 12.7. The Morgan fingerprint density at radius 1 is 1.00 bits per heavy atom. The van der Waals surface area contributed by atoms with Gasteiger partial charge in [0, 0.05) is 24.1 Å². The quantitative estimate of drug-likeness (QED) is 0.747. The number of amides is 2. The fourth-order valence-corrected chi connectivity index (χ4v) is 3.73. The average Bonchev–Trinajstić information content (AvgIpc) is 2.61. The van der Waals surface area contributed by atoms with Gasteiger partial charge in [0.15, 0.2) is 0 Å². The molecule has 1 fully saturated rings. The largest absolute Gasteiger partial charge is 0.356 e. The minimum atomic E-state index is -0.0182. The molecule has 0 aromatic heterocycles. The summed E-state index contributed by atoms with van der Waals surface area (Å²) in [6.45, 7) is 11.5. The second kappa shape index (κ2) is 9.38. The maximum absolute atomic E-state index is 12.8. The predicted octanol–water partition coefficient (Wildman–Crippen LogP) is 4.89. The van der Waals surface area contributed by atoms with Gasteiger partial charge < -0.3 is 10.6 Å². The molecule has 4 heteroatoms. The molecule has 1 aliphatic carbocycles. The van der Waals surface area contributed by atoms with E-state index < -0.39 is 0 Å². The Balaban J connectivity index is 1.86. The molecule has 0 aliphatic heterocycles. The minimum absolute atomic E-state index is 0.00209. The summed E-state index contributed by atoms with van der Waals surface area (Å²) in [4.78, 5) is 25.0. The highest BCUT2D eigenvalue weighted by Crippen LogP contribution is 2.32. The van der Waals surface area contributed by atoms with Crippen LogP contribution >= 0.6 is 0 Å². The summed E-state index contributed by atoms with van der Waals surface area (Å²) in [5, 5.41) is 6.19. The zero-order chi connectivity index (χ0) is 20.0. The lowest BCUT2D eigenvalue weighted by atomic mass is 9.80. The Bertz CT molecular complexity index is 638. The van der Waals surface area contributed by atoms with E-state index in [0.717, 1.165) is 49.9 Å². The van der Waals surface area contributed by atoms with Gasteiger partial charge in [-0.15, -0.1) is 0 Å². The molecule has 0 unspecified atom stereocenters. The fourth-order valence-electron chi connectivity index (χ4n) is 3.73. The number of anilines is 1. The average molecular weight is 373 g/mol. The third-order valence-electron chi connectivity index (χ3n) is 5.48. The zero-order valence-electron chi connectivity index (χ0n) is 17.6. The smallest absolute Gasteiger partial charge is 0.227 e.